The molecule has 0 aromatic rings. The van der Waals surface area contributed by atoms with Crippen LogP contribution in [-0.4, -0.2) is 38.4 Å². The van der Waals surface area contributed by atoms with Gasteiger partial charge < -0.3 is 15.4 Å². The average Bonchev–Trinajstić information content (AvgIpc) is 3.09. The van der Waals surface area contributed by atoms with Crippen molar-refractivity contribution in [1.29, 1.82) is 0 Å². The number of nitrogens with one attached hydrogen (secondary N) is 2. The normalized spacial score (nSPS) is 42.4. The van der Waals surface area contributed by atoms with E-state index in [1.807, 2.05) is 0 Å². The van der Waals surface area contributed by atoms with Gasteiger partial charge in [-0.25, -0.2) is 0 Å². The molecule has 3 nitrogen and oxygen atoms in total. The smallest absolute Gasteiger partial charge is 0.0507 e. The molecule has 1 aliphatic carbocycles. The van der Waals surface area contributed by atoms with Crippen LogP contribution in [0.3, 0.4) is 0 Å². The molecule has 2 saturated heterocycles. The van der Waals surface area contributed by atoms with Gasteiger partial charge in [-0.1, -0.05) is 6.42 Å². The lowest BCUT2D eigenvalue weighted by Crippen LogP contribution is -2.43. The molecule has 3 heteroatoms. The molecule has 3 aliphatic rings. The Morgan fingerprint density at radius 2 is 2.12 bits per heavy atom. The molecule has 1 saturated carbocycles. The van der Waals surface area contributed by atoms with E-state index in [0.29, 0.717) is 0 Å². The van der Waals surface area contributed by atoms with Gasteiger partial charge in [-0.3, -0.25) is 0 Å². The molecule has 2 aliphatic heterocycles. The van der Waals surface area contributed by atoms with E-state index < -0.39 is 0 Å². The third-order valence-corrected chi connectivity index (χ3v) is 4.88. The molecule has 0 aromatic carbocycles. The first-order chi connectivity index (χ1) is 8.43. The average molecular weight is 238 g/mol. The number of ether oxygens (including phenoxy) is 1. The van der Waals surface area contributed by atoms with Crippen molar-refractivity contribution in [2.24, 2.45) is 11.8 Å². The molecule has 0 aromatic heterocycles. The van der Waals surface area contributed by atoms with Gasteiger partial charge in [0, 0.05) is 25.2 Å². The van der Waals surface area contributed by atoms with Crippen LogP contribution in [0.5, 0.6) is 0 Å². The highest BCUT2D eigenvalue weighted by Crippen LogP contribution is 2.32. The third-order valence-electron chi connectivity index (χ3n) is 4.88. The molecule has 3 fully saturated rings. The minimum absolute atomic E-state index is 0.770. The number of hydrogen-bond donors (Lipinski definition) is 2. The molecule has 0 radical (unpaired) electrons. The maximum atomic E-state index is 5.45. The fourth-order valence-electron chi connectivity index (χ4n) is 3.86. The van der Waals surface area contributed by atoms with Crippen LogP contribution in [0.1, 0.15) is 38.5 Å². The summed E-state index contributed by atoms with van der Waals surface area (Å²) in [5, 5.41) is 7.52. The van der Waals surface area contributed by atoms with E-state index >= 15 is 0 Å². The first-order valence-electron chi connectivity index (χ1n) is 7.48. The van der Waals surface area contributed by atoms with Crippen LogP contribution >= 0.6 is 0 Å². The van der Waals surface area contributed by atoms with E-state index in [-0.39, 0.29) is 0 Å². The molecule has 3 rings (SSSR count). The largest absolute Gasteiger partial charge is 0.381 e. The quantitative estimate of drug-likeness (QED) is 0.779. The second-order valence-corrected chi connectivity index (χ2v) is 6.04. The molecule has 4 unspecified atom stereocenters. The maximum absolute atomic E-state index is 5.45. The van der Waals surface area contributed by atoms with Gasteiger partial charge in [0.2, 0.25) is 0 Å². The Morgan fingerprint density at radius 1 is 1.12 bits per heavy atom. The van der Waals surface area contributed by atoms with E-state index in [0.717, 1.165) is 37.1 Å². The van der Waals surface area contributed by atoms with Gasteiger partial charge in [0.1, 0.15) is 0 Å². The zero-order valence-corrected chi connectivity index (χ0v) is 10.8. The van der Waals surface area contributed by atoms with Crippen molar-refractivity contribution in [1.82, 2.24) is 10.6 Å². The van der Waals surface area contributed by atoms with Crippen molar-refractivity contribution in [3.05, 3.63) is 0 Å². The van der Waals surface area contributed by atoms with Crippen LogP contribution in [0, 0.1) is 11.8 Å². The summed E-state index contributed by atoms with van der Waals surface area (Å²) in [6, 6.07) is 1.57. The van der Waals surface area contributed by atoms with E-state index in [1.54, 1.807) is 0 Å². The lowest BCUT2D eigenvalue weighted by molar-refractivity contribution is 0.183. The fourth-order valence-corrected chi connectivity index (χ4v) is 3.86. The van der Waals surface area contributed by atoms with Crippen LogP contribution in [0.4, 0.5) is 0 Å². The van der Waals surface area contributed by atoms with Gasteiger partial charge in [-0.15, -0.1) is 0 Å². The van der Waals surface area contributed by atoms with Crippen LogP contribution in [0.15, 0.2) is 0 Å². The summed E-state index contributed by atoms with van der Waals surface area (Å²) < 4.78 is 5.45. The van der Waals surface area contributed by atoms with E-state index in [2.05, 4.69) is 10.6 Å². The summed E-state index contributed by atoms with van der Waals surface area (Å²) in [5.41, 5.74) is 0. The van der Waals surface area contributed by atoms with Gasteiger partial charge >= 0.3 is 0 Å². The third kappa shape index (κ3) is 2.83. The minimum Gasteiger partial charge on any atom is -0.381 e. The van der Waals surface area contributed by atoms with Gasteiger partial charge in [0.15, 0.2) is 0 Å². The summed E-state index contributed by atoms with van der Waals surface area (Å²) in [6.45, 7) is 4.37. The van der Waals surface area contributed by atoms with Crippen molar-refractivity contribution < 1.29 is 4.74 Å². The Kier molecular flexibility index (Phi) is 3.99. The Balaban J connectivity index is 1.47. The second kappa shape index (κ2) is 5.68. The summed E-state index contributed by atoms with van der Waals surface area (Å²) >= 11 is 0. The van der Waals surface area contributed by atoms with Gasteiger partial charge in [-0.05, 0) is 50.5 Å². The van der Waals surface area contributed by atoms with E-state index in [1.165, 1.54) is 51.6 Å². The Morgan fingerprint density at radius 3 is 2.88 bits per heavy atom. The lowest BCUT2D eigenvalue weighted by atomic mass is 9.92. The fraction of sp³-hybridized carbons (Fsp3) is 1.00. The van der Waals surface area contributed by atoms with E-state index in [4.69, 9.17) is 4.74 Å². The first-order valence-corrected chi connectivity index (χ1v) is 7.48. The predicted molar refractivity (Wildman–Crippen MR) is 69.1 cm³/mol. The number of hydrogen-bond acceptors (Lipinski definition) is 3. The summed E-state index contributed by atoms with van der Waals surface area (Å²) in [6.07, 6.45) is 8.26. The second-order valence-electron chi connectivity index (χ2n) is 6.04. The molecule has 0 amide bonds. The SMILES string of the molecule is C1CNC(C2CCCC2NCC2CCOC2)C1. The topological polar surface area (TPSA) is 33.3 Å². The standard InChI is InChI=1S/C14H26N2O/c1-3-12(13-5-2-7-15-13)14(4-1)16-9-11-6-8-17-10-11/h11-16H,1-10H2. The van der Waals surface area contributed by atoms with Crippen molar-refractivity contribution >= 4 is 0 Å². The molecule has 98 valence electrons. The molecular formula is C14H26N2O. The first kappa shape index (κ1) is 11.9. The van der Waals surface area contributed by atoms with Gasteiger partial charge in [0.05, 0.1) is 6.61 Å². The monoisotopic (exact) mass is 238 g/mol. The Labute approximate surface area is 105 Å². The van der Waals surface area contributed by atoms with Crippen LogP contribution < -0.4 is 10.6 Å². The molecular weight excluding hydrogens is 212 g/mol. The molecule has 4 atom stereocenters. The van der Waals surface area contributed by atoms with Crippen molar-refractivity contribution in [2.45, 2.75) is 50.6 Å². The van der Waals surface area contributed by atoms with Crippen molar-refractivity contribution in [3.8, 4) is 0 Å². The van der Waals surface area contributed by atoms with Crippen LogP contribution in [-0.2, 0) is 4.74 Å². The molecule has 2 N–H and O–H groups in total. The van der Waals surface area contributed by atoms with E-state index in [9.17, 15) is 0 Å². The van der Waals surface area contributed by atoms with Crippen molar-refractivity contribution in [3.63, 3.8) is 0 Å². The van der Waals surface area contributed by atoms with Gasteiger partial charge in [-0.2, -0.15) is 0 Å². The highest BCUT2D eigenvalue weighted by atomic mass is 16.5. The molecule has 17 heavy (non-hydrogen) atoms. The maximum Gasteiger partial charge on any atom is 0.0507 e. The van der Waals surface area contributed by atoms with Crippen molar-refractivity contribution in [2.75, 3.05) is 26.3 Å². The molecule has 0 bridgehead atoms. The Bertz CT molecular complexity index is 234. The van der Waals surface area contributed by atoms with Crippen LogP contribution in [0.25, 0.3) is 0 Å². The zero-order valence-electron chi connectivity index (χ0n) is 10.8. The van der Waals surface area contributed by atoms with Gasteiger partial charge in [0.25, 0.3) is 0 Å². The zero-order chi connectivity index (χ0) is 11.5. The summed E-state index contributed by atoms with van der Waals surface area (Å²) in [7, 11) is 0. The summed E-state index contributed by atoms with van der Waals surface area (Å²) in [4.78, 5) is 0. The molecule has 0 spiro atoms. The highest BCUT2D eigenvalue weighted by molar-refractivity contribution is 4.93. The Hall–Kier alpha value is -0.120. The van der Waals surface area contributed by atoms with Crippen LogP contribution in [0.2, 0.25) is 0 Å². The highest BCUT2D eigenvalue weighted by Gasteiger charge is 2.34. The summed E-state index contributed by atoms with van der Waals surface area (Å²) in [5.74, 6) is 1.66. The lowest BCUT2D eigenvalue weighted by Gasteiger charge is -2.27. The minimum atomic E-state index is 0.770. The molecule has 2 heterocycles. The predicted octanol–water partition coefficient (Wildman–Crippen LogP) is 1.53. The number of rotatable bonds is 4.